The number of halogens is 5. The van der Waals surface area contributed by atoms with E-state index in [9.17, 15) is 26.7 Å². The largest absolute Gasteiger partial charge is 0.418 e. The summed E-state index contributed by atoms with van der Waals surface area (Å²) in [5.41, 5.74) is 0.403. The average Bonchev–Trinajstić information content (AvgIpc) is 3.32. The van der Waals surface area contributed by atoms with E-state index >= 15 is 0 Å². The molecule has 5 nitrogen and oxygen atoms in total. The average molecular weight is 450 g/mol. The standard InChI is InChI=1S/C22H19F5N4O/c1-30(2)12-7-9-18(15(10-12)22(25,26)27)28-21(32)20-14-4-3-5-19(14)31(29-20)13-6-8-16(23)17(24)11-13/h6-11H,3-5H2,1-2H3,(H,28,32). The highest BCUT2D eigenvalue weighted by Gasteiger charge is 2.35. The molecule has 1 aromatic heterocycles. The van der Waals surface area contributed by atoms with Crippen LogP contribution < -0.4 is 10.2 Å². The number of anilines is 2. The van der Waals surface area contributed by atoms with Gasteiger partial charge >= 0.3 is 6.18 Å². The van der Waals surface area contributed by atoms with E-state index in [0.717, 1.165) is 18.2 Å². The number of nitrogens with one attached hydrogen (secondary N) is 1. The van der Waals surface area contributed by atoms with Gasteiger partial charge in [-0.25, -0.2) is 13.5 Å². The highest BCUT2D eigenvalue weighted by Crippen LogP contribution is 2.37. The van der Waals surface area contributed by atoms with Gasteiger partial charge in [0.25, 0.3) is 5.91 Å². The molecule has 0 saturated carbocycles. The van der Waals surface area contributed by atoms with Crippen molar-refractivity contribution in [3.05, 3.63) is 70.5 Å². The maximum Gasteiger partial charge on any atom is 0.418 e. The van der Waals surface area contributed by atoms with Crippen molar-refractivity contribution in [2.75, 3.05) is 24.3 Å². The third-order valence-electron chi connectivity index (χ3n) is 5.37. The van der Waals surface area contributed by atoms with E-state index in [1.54, 1.807) is 14.1 Å². The lowest BCUT2D eigenvalue weighted by Gasteiger charge is -2.18. The van der Waals surface area contributed by atoms with Crippen LogP contribution in [0.4, 0.5) is 33.3 Å². The van der Waals surface area contributed by atoms with Gasteiger partial charge in [0, 0.05) is 37.1 Å². The monoisotopic (exact) mass is 450 g/mol. The molecule has 0 aliphatic heterocycles. The minimum atomic E-state index is -4.68. The summed E-state index contributed by atoms with van der Waals surface area (Å²) in [5.74, 6) is -2.88. The molecule has 0 bridgehead atoms. The number of benzene rings is 2. The summed E-state index contributed by atoms with van der Waals surface area (Å²) in [6.07, 6.45) is -2.91. The van der Waals surface area contributed by atoms with Crippen molar-refractivity contribution in [1.82, 2.24) is 9.78 Å². The fourth-order valence-electron chi connectivity index (χ4n) is 3.79. The van der Waals surface area contributed by atoms with Crippen LogP contribution in [0.15, 0.2) is 36.4 Å². The first-order chi connectivity index (χ1) is 15.1. The van der Waals surface area contributed by atoms with Crippen LogP contribution in [0.25, 0.3) is 5.69 Å². The van der Waals surface area contributed by atoms with Gasteiger partial charge in [-0.15, -0.1) is 0 Å². The molecule has 1 heterocycles. The predicted octanol–water partition coefficient (Wildman–Crippen LogP) is 4.98. The van der Waals surface area contributed by atoms with E-state index in [-0.39, 0.29) is 17.1 Å². The molecular formula is C22H19F5N4O. The van der Waals surface area contributed by atoms with Crippen LogP contribution in [0.5, 0.6) is 0 Å². The first-order valence-corrected chi connectivity index (χ1v) is 9.82. The van der Waals surface area contributed by atoms with Crippen LogP contribution in [0.3, 0.4) is 0 Å². The van der Waals surface area contributed by atoms with E-state index in [0.29, 0.717) is 36.2 Å². The molecule has 0 atom stereocenters. The van der Waals surface area contributed by atoms with Crippen LogP contribution in [-0.4, -0.2) is 29.8 Å². The Morgan fingerprint density at radius 2 is 1.81 bits per heavy atom. The van der Waals surface area contributed by atoms with Crippen molar-refractivity contribution in [3.63, 3.8) is 0 Å². The maximum atomic E-state index is 13.7. The minimum Gasteiger partial charge on any atom is -0.378 e. The van der Waals surface area contributed by atoms with Crippen molar-refractivity contribution in [2.24, 2.45) is 0 Å². The maximum absolute atomic E-state index is 13.7. The molecule has 10 heteroatoms. The number of rotatable bonds is 4. The van der Waals surface area contributed by atoms with Crippen molar-refractivity contribution in [3.8, 4) is 5.69 Å². The zero-order valence-corrected chi connectivity index (χ0v) is 17.2. The van der Waals surface area contributed by atoms with Crippen molar-refractivity contribution in [1.29, 1.82) is 0 Å². The van der Waals surface area contributed by atoms with Gasteiger partial charge in [-0.1, -0.05) is 0 Å². The van der Waals surface area contributed by atoms with E-state index < -0.39 is 29.3 Å². The molecule has 3 aromatic rings. The lowest BCUT2D eigenvalue weighted by molar-refractivity contribution is -0.136. The number of nitrogens with zero attached hydrogens (tertiary/aromatic N) is 3. The van der Waals surface area contributed by atoms with Crippen molar-refractivity contribution < 1.29 is 26.7 Å². The SMILES string of the molecule is CN(C)c1ccc(NC(=O)c2nn(-c3ccc(F)c(F)c3)c3c2CCC3)c(C(F)(F)F)c1. The number of hydrogen-bond donors (Lipinski definition) is 1. The molecular weight excluding hydrogens is 431 g/mol. The van der Waals surface area contributed by atoms with E-state index in [1.165, 1.54) is 27.8 Å². The smallest absolute Gasteiger partial charge is 0.378 e. The summed E-state index contributed by atoms with van der Waals surface area (Å²) in [4.78, 5) is 14.5. The Morgan fingerprint density at radius 1 is 1.06 bits per heavy atom. The van der Waals surface area contributed by atoms with Gasteiger partial charge in [0.1, 0.15) is 0 Å². The van der Waals surface area contributed by atoms with E-state index in [4.69, 9.17) is 0 Å². The van der Waals surface area contributed by atoms with Gasteiger partial charge in [0.2, 0.25) is 0 Å². The van der Waals surface area contributed by atoms with Gasteiger partial charge in [-0.2, -0.15) is 18.3 Å². The Morgan fingerprint density at radius 3 is 2.47 bits per heavy atom. The fraction of sp³-hybridized carbons (Fsp3) is 0.273. The van der Waals surface area contributed by atoms with Crippen LogP contribution in [0.2, 0.25) is 0 Å². The van der Waals surface area contributed by atoms with Gasteiger partial charge in [0.15, 0.2) is 17.3 Å². The summed E-state index contributed by atoms with van der Waals surface area (Å²) in [6.45, 7) is 0. The summed E-state index contributed by atoms with van der Waals surface area (Å²) < 4.78 is 69.2. The molecule has 0 unspecified atom stereocenters. The van der Waals surface area contributed by atoms with Crippen LogP contribution >= 0.6 is 0 Å². The summed E-state index contributed by atoms with van der Waals surface area (Å²) in [6, 6.07) is 6.87. The number of carbonyl (C=O) groups is 1. The molecule has 1 aliphatic rings. The number of amides is 1. The normalized spacial score (nSPS) is 13.2. The highest BCUT2D eigenvalue weighted by molar-refractivity contribution is 6.04. The zero-order chi connectivity index (χ0) is 23.2. The zero-order valence-electron chi connectivity index (χ0n) is 17.2. The lowest BCUT2D eigenvalue weighted by atomic mass is 10.1. The summed E-state index contributed by atoms with van der Waals surface area (Å²) in [7, 11) is 3.23. The second-order valence-corrected chi connectivity index (χ2v) is 7.71. The molecule has 0 saturated heterocycles. The lowest BCUT2D eigenvalue weighted by Crippen LogP contribution is -2.19. The topological polar surface area (TPSA) is 50.2 Å². The molecule has 0 radical (unpaired) electrons. The number of alkyl halides is 3. The van der Waals surface area contributed by atoms with Gasteiger partial charge in [-0.05, 0) is 49.6 Å². The second-order valence-electron chi connectivity index (χ2n) is 7.71. The van der Waals surface area contributed by atoms with Crippen molar-refractivity contribution in [2.45, 2.75) is 25.4 Å². The summed E-state index contributed by atoms with van der Waals surface area (Å²) in [5, 5.41) is 6.56. The quantitative estimate of drug-likeness (QED) is 0.571. The van der Waals surface area contributed by atoms with Crippen LogP contribution in [0, 0.1) is 11.6 Å². The Labute approximate surface area is 180 Å². The molecule has 2 aromatic carbocycles. The first kappa shape index (κ1) is 21.8. The molecule has 168 valence electrons. The van der Waals surface area contributed by atoms with Gasteiger partial charge < -0.3 is 10.2 Å². The summed E-state index contributed by atoms with van der Waals surface area (Å²) >= 11 is 0. The third-order valence-corrected chi connectivity index (χ3v) is 5.37. The fourth-order valence-corrected chi connectivity index (χ4v) is 3.79. The highest BCUT2D eigenvalue weighted by atomic mass is 19.4. The predicted molar refractivity (Wildman–Crippen MR) is 109 cm³/mol. The van der Waals surface area contributed by atoms with Crippen LogP contribution in [0.1, 0.15) is 33.7 Å². The Bertz CT molecular complexity index is 1200. The van der Waals surface area contributed by atoms with E-state index in [1.807, 2.05) is 0 Å². The Kier molecular flexibility index (Phi) is 5.39. The molecule has 32 heavy (non-hydrogen) atoms. The Balaban J connectivity index is 1.72. The molecule has 1 aliphatic carbocycles. The van der Waals surface area contributed by atoms with Gasteiger partial charge in [-0.3, -0.25) is 4.79 Å². The third kappa shape index (κ3) is 3.92. The van der Waals surface area contributed by atoms with Crippen LogP contribution in [-0.2, 0) is 19.0 Å². The number of carbonyl (C=O) groups excluding carboxylic acids is 1. The molecule has 1 N–H and O–H groups in total. The molecule has 4 rings (SSSR count). The molecule has 1 amide bonds. The van der Waals surface area contributed by atoms with Gasteiger partial charge in [0.05, 0.1) is 16.9 Å². The van der Waals surface area contributed by atoms with E-state index in [2.05, 4.69) is 10.4 Å². The second kappa shape index (κ2) is 7.92. The number of fused-ring (bicyclic) bond motifs is 1. The number of aromatic nitrogens is 2. The molecule has 0 fully saturated rings. The number of hydrogen-bond acceptors (Lipinski definition) is 3. The minimum absolute atomic E-state index is 0.0351. The Hall–Kier alpha value is -3.43. The molecule has 0 spiro atoms. The first-order valence-electron chi connectivity index (χ1n) is 9.82. The van der Waals surface area contributed by atoms with Crippen molar-refractivity contribution >= 4 is 17.3 Å².